The maximum absolute atomic E-state index is 12.5. The predicted molar refractivity (Wildman–Crippen MR) is 80.9 cm³/mol. The Hall–Kier alpha value is -1.71. The molecule has 0 spiro atoms. The van der Waals surface area contributed by atoms with Gasteiger partial charge in [0, 0.05) is 18.7 Å². The third kappa shape index (κ3) is 3.44. The number of ether oxygens (including phenoxy) is 1. The summed E-state index contributed by atoms with van der Waals surface area (Å²) in [4.78, 5) is 14.4. The van der Waals surface area contributed by atoms with E-state index in [9.17, 15) is 4.79 Å². The number of anilines is 1. The molecule has 1 aliphatic heterocycles. The fourth-order valence-electron chi connectivity index (χ4n) is 2.60. The van der Waals surface area contributed by atoms with Gasteiger partial charge in [-0.2, -0.15) is 0 Å². The average molecular weight is 276 g/mol. The molecule has 0 saturated carbocycles. The minimum Gasteiger partial charge on any atom is -0.489 e. The second-order valence-electron chi connectivity index (χ2n) is 5.92. The van der Waals surface area contributed by atoms with Crippen LogP contribution in [0.1, 0.15) is 44.0 Å². The summed E-state index contributed by atoms with van der Waals surface area (Å²) in [6.07, 6.45) is 2.35. The number of nitrogens with two attached hydrogens (primary N) is 1. The Morgan fingerprint density at radius 3 is 2.80 bits per heavy atom. The Labute approximate surface area is 120 Å². The van der Waals surface area contributed by atoms with Gasteiger partial charge in [-0.15, -0.1) is 0 Å². The summed E-state index contributed by atoms with van der Waals surface area (Å²) in [5.74, 6) is 1.29. The van der Waals surface area contributed by atoms with E-state index in [2.05, 4.69) is 6.92 Å². The molecule has 1 atom stereocenters. The molecule has 1 fully saturated rings. The SMILES string of the molecule is CC1CCCN(C(=O)c2ccc(OC(C)C)c(N)c2)C1. The molecule has 1 saturated heterocycles. The van der Waals surface area contributed by atoms with E-state index in [-0.39, 0.29) is 12.0 Å². The van der Waals surface area contributed by atoms with E-state index in [4.69, 9.17) is 10.5 Å². The zero-order valence-electron chi connectivity index (χ0n) is 12.6. The first-order valence-electron chi connectivity index (χ1n) is 7.33. The lowest BCUT2D eigenvalue weighted by atomic mass is 9.99. The van der Waals surface area contributed by atoms with E-state index in [1.807, 2.05) is 18.7 Å². The van der Waals surface area contributed by atoms with Crippen LogP contribution in [0.25, 0.3) is 0 Å². The Balaban J connectivity index is 2.12. The van der Waals surface area contributed by atoms with Crippen LogP contribution >= 0.6 is 0 Å². The number of rotatable bonds is 3. The van der Waals surface area contributed by atoms with E-state index < -0.39 is 0 Å². The third-order valence-electron chi connectivity index (χ3n) is 3.56. The number of nitrogen functional groups attached to an aromatic ring is 1. The Morgan fingerprint density at radius 1 is 1.45 bits per heavy atom. The molecule has 2 N–H and O–H groups in total. The van der Waals surface area contributed by atoms with E-state index in [0.717, 1.165) is 19.5 Å². The van der Waals surface area contributed by atoms with Gasteiger partial charge in [0.05, 0.1) is 11.8 Å². The van der Waals surface area contributed by atoms with Gasteiger partial charge in [0.2, 0.25) is 0 Å². The summed E-state index contributed by atoms with van der Waals surface area (Å²) in [7, 11) is 0. The molecular weight excluding hydrogens is 252 g/mol. The second kappa shape index (κ2) is 6.16. The van der Waals surface area contributed by atoms with Crippen molar-refractivity contribution in [2.45, 2.75) is 39.7 Å². The van der Waals surface area contributed by atoms with Gasteiger partial charge in [0.15, 0.2) is 0 Å². The third-order valence-corrected chi connectivity index (χ3v) is 3.56. The summed E-state index contributed by atoms with van der Waals surface area (Å²) in [5, 5.41) is 0. The van der Waals surface area contributed by atoms with Crippen molar-refractivity contribution < 1.29 is 9.53 Å². The summed E-state index contributed by atoms with van der Waals surface area (Å²) in [6.45, 7) is 7.77. The molecule has 1 heterocycles. The fraction of sp³-hybridized carbons (Fsp3) is 0.562. The Kier molecular flexibility index (Phi) is 4.53. The Morgan fingerprint density at radius 2 is 2.20 bits per heavy atom. The number of likely N-dealkylation sites (tertiary alicyclic amines) is 1. The number of carbonyl (C=O) groups excluding carboxylic acids is 1. The van der Waals surface area contributed by atoms with Gasteiger partial charge in [-0.1, -0.05) is 6.92 Å². The van der Waals surface area contributed by atoms with Gasteiger partial charge >= 0.3 is 0 Å². The van der Waals surface area contributed by atoms with E-state index in [0.29, 0.717) is 22.9 Å². The van der Waals surface area contributed by atoms with Crippen LogP contribution in [0.3, 0.4) is 0 Å². The van der Waals surface area contributed by atoms with Crippen molar-refractivity contribution in [3.63, 3.8) is 0 Å². The molecule has 0 radical (unpaired) electrons. The minimum atomic E-state index is 0.0688. The molecule has 4 nitrogen and oxygen atoms in total. The van der Waals surface area contributed by atoms with Gasteiger partial charge in [-0.3, -0.25) is 4.79 Å². The molecule has 110 valence electrons. The topological polar surface area (TPSA) is 55.6 Å². The normalized spacial score (nSPS) is 19.2. The molecular formula is C16H24N2O2. The van der Waals surface area contributed by atoms with Gasteiger partial charge in [0.1, 0.15) is 5.75 Å². The summed E-state index contributed by atoms with van der Waals surface area (Å²) < 4.78 is 5.59. The van der Waals surface area contributed by atoms with Crippen molar-refractivity contribution in [1.29, 1.82) is 0 Å². The minimum absolute atomic E-state index is 0.0688. The number of nitrogens with zero attached hydrogens (tertiary/aromatic N) is 1. The first-order valence-corrected chi connectivity index (χ1v) is 7.33. The van der Waals surface area contributed by atoms with Crippen molar-refractivity contribution in [2.24, 2.45) is 5.92 Å². The zero-order chi connectivity index (χ0) is 14.7. The van der Waals surface area contributed by atoms with Gasteiger partial charge < -0.3 is 15.4 Å². The largest absolute Gasteiger partial charge is 0.489 e. The molecule has 1 unspecified atom stereocenters. The molecule has 4 heteroatoms. The van der Waals surface area contributed by atoms with Crippen molar-refractivity contribution >= 4 is 11.6 Å². The monoisotopic (exact) mass is 276 g/mol. The highest BCUT2D eigenvalue weighted by Gasteiger charge is 2.22. The number of hydrogen-bond acceptors (Lipinski definition) is 3. The highest BCUT2D eigenvalue weighted by Crippen LogP contribution is 2.25. The summed E-state index contributed by atoms with van der Waals surface area (Å²) in [6, 6.07) is 5.31. The molecule has 1 aromatic rings. The number of piperidine rings is 1. The lowest BCUT2D eigenvalue weighted by Crippen LogP contribution is -2.39. The first kappa shape index (κ1) is 14.7. The van der Waals surface area contributed by atoms with Gasteiger partial charge in [-0.05, 0) is 50.8 Å². The quantitative estimate of drug-likeness (QED) is 0.864. The lowest BCUT2D eigenvalue weighted by molar-refractivity contribution is 0.0683. The van der Waals surface area contributed by atoms with E-state index >= 15 is 0 Å². The van der Waals surface area contributed by atoms with Crippen LogP contribution in [0, 0.1) is 5.92 Å². The number of benzene rings is 1. The van der Waals surface area contributed by atoms with Crippen LogP contribution in [-0.2, 0) is 0 Å². The Bertz CT molecular complexity index is 485. The van der Waals surface area contributed by atoms with Crippen molar-refractivity contribution in [3.8, 4) is 5.75 Å². The van der Waals surface area contributed by atoms with Crippen LogP contribution in [-0.4, -0.2) is 30.0 Å². The molecule has 20 heavy (non-hydrogen) atoms. The van der Waals surface area contributed by atoms with Crippen molar-refractivity contribution in [3.05, 3.63) is 23.8 Å². The van der Waals surface area contributed by atoms with Gasteiger partial charge in [0.25, 0.3) is 5.91 Å². The van der Waals surface area contributed by atoms with Crippen LogP contribution in [0.5, 0.6) is 5.75 Å². The molecule has 1 amide bonds. The lowest BCUT2D eigenvalue weighted by Gasteiger charge is -2.31. The number of carbonyl (C=O) groups is 1. The highest BCUT2D eigenvalue weighted by atomic mass is 16.5. The molecule has 0 bridgehead atoms. The van der Waals surface area contributed by atoms with E-state index in [1.54, 1.807) is 18.2 Å². The maximum atomic E-state index is 12.5. The summed E-state index contributed by atoms with van der Waals surface area (Å²) in [5.41, 5.74) is 7.14. The zero-order valence-corrected chi connectivity index (χ0v) is 12.6. The summed E-state index contributed by atoms with van der Waals surface area (Å²) >= 11 is 0. The second-order valence-corrected chi connectivity index (χ2v) is 5.92. The molecule has 0 aromatic heterocycles. The van der Waals surface area contributed by atoms with Gasteiger partial charge in [-0.25, -0.2) is 0 Å². The van der Waals surface area contributed by atoms with Crippen molar-refractivity contribution in [1.82, 2.24) is 4.90 Å². The molecule has 0 aliphatic carbocycles. The van der Waals surface area contributed by atoms with E-state index in [1.165, 1.54) is 6.42 Å². The van der Waals surface area contributed by atoms with Crippen molar-refractivity contribution in [2.75, 3.05) is 18.8 Å². The van der Waals surface area contributed by atoms with Crippen LogP contribution in [0.2, 0.25) is 0 Å². The van der Waals surface area contributed by atoms with Crippen LogP contribution < -0.4 is 10.5 Å². The molecule has 1 aliphatic rings. The molecule has 2 rings (SSSR count). The first-order chi connectivity index (χ1) is 9.47. The van der Waals surface area contributed by atoms with Crippen LogP contribution in [0.4, 0.5) is 5.69 Å². The van der Waals surface area contributed by atoms with Crippen LogP contribution in [0.15, 0.2) is 18.2 Å². The maximum Gasteiger partial charge on any atom is 0.253 e. The fourth-order valence-corrected chi connectivity index (χ4v) is 2.60. The standard InChI is InChI=1S/C16H24N2O2/c1-11(2)20-15-7-6-13(9-14(15)17)16(19)18-8-4-5-12(3)10-18/h6-7,9,11-12H,4-5,8,10,17H2,1-3H3. The predicted octanol–water partition coefficient (Wildman–Crippen LogP) is 2.93. The number of hydrogen-bond donors (Lipinski definition) is 1. The average Bonchev–Trinajstić information content (AvgIpc) is 2.40. The smallest absolute Gasteiger partial charge is 0.253 e. The highest BCUT2D eigenvalue weighted by molar-refractivity contribution is 5.95. The number of amides is 1. The molecule has 1 aromatic carbocycles.